The second-order valence-corrected chi connectivity index (χ2v) is 5.28. The van der Waals surface area contributed by atoms with E-state index >= 15 is 0 Å². The summed E-state index contributed by atoms with van der Waals surface area (Å²) in [6.07, 6.45) is 0. The number of nitrogens with one attached hydrogen (secondary N) is 1. The van der Waals surface area contributed by atoms with Gasteiger partial charge in [-0.1, -0.05) is 13.8 Å². The number of benzene rings is 1. The first kappa shape index (κ1) is 16.9. The lowest BCUT2D eigenvalue weighted by Crippen LogP contribution is -2.92. The maximum Gasteiger partial charge on any atom is 0.282 e. The van der Waals surface area contributed by atoms with Gasteiger partial charge in [0.2, 0.25) is 0 Å². The lowest BCUT2D eigenvalue weighted by Gasteiger charge is -2.14. The van der Waals surface area contributed by atoms with Crippen LogP contribution in [0.2, 0.25) is 0 Å². The molecular weight excluding hydrogens is 274 g/mol. The molecular formula is C14H22N3O4+. The summed E-state index contributed by atoms with van der Waals surface area (Å²) in [5, 5.41) is 15.4. The van der Waals surface area contributed by atoms with Crippen LogP contribution in [-0.4, -0.2) is 30.5 Å². The highest BCUT2D eigenvalue weighted by Crippen LogP contribution is 2.28. The maximum atomic E-state index is 12.1. The summed E-state index contributed by atoms with van der Waals surface area (Å²) in [5.74, 6) is 0.659. The fraction of sp³-hybridized carbons (Fsp3) is 0.500. The van der Waals surface area contributed by atoms with Gasteiger partial charge in [-0.05, 0) is 13.0 Å². The Morgan fingerprint density at radius 3 is 2.62 bits per heavy atom. The maximum absolute atomic E-state index is 12.1. The number of nitrogens with zero attached hydrogens (tertiary/aromatic N) is 1. The SMILES string of the molecule is COc1ccc([N+](=O)[O-])cc1NC(=O)[C@H](C)[NH2+]CC(C)C. The highest BCUT2D eigenvalue weighted by molar-refractivity contribution is 5.95. The van der Waals surface area contributed by atoms with Crippen LogP contribution < -0.4 is 15.4 Å². The number of nitro groups is 1. The van der Waals surface area contributed by atoms with Gasteiger partial charge >= 0.3 is 0 Å². The monoisotopic (exact) mass is 296 g/mol. The number of anilines is 1. The highest BCUT2D eigenvalue weighted by Gasteiger charge is 2.19. The minimum Gasteiger partial charge on any atom is -0.495 e. The van der Waals surface area contributed by atoms with E-state index in [0.717, 1.165) is 6.54 Å². The van der Waals surface area contributed by atoms with Gasteiger partial charge in [0.1, 0.15) is 5.75 Å². The van der Waals surface area contributed by atoms with E-state index in [9.17, 15) is 14.9 Å². The van der Waals surface area contributed by atoms with E-state index < -0.39 is 4.92 Å². The van der Waals surface area contributed by atoms with E-state index in [1.54, 1.807) is 6.92 Å². The predicted octanol–water partition coefficient (Wildman–Crippen LogP) is 1.15. The van der Waals surface area contributed by atoms with Gasteiger partial charge in [0.25, 0.3) is 11.6 Å². The summed E-state index contributed by atoms with van der Waals surface area (Å²) in [4.78, 5) is 22.4. The molecule has 0 saturated heterocycles. The molecule has 116 valence electrons. The Labute approximate surface area is 123 Å². The molecule has 0 aliphatic heterocycles. The average Bonchev–Trinajstić information content (AvgIpc) is 2.44. The number of hydrogen-bond acceptors (Lipinski definition) is 4. The zero-order valence-corrected chi connectivity index (χ0v) is 12.8. The van der Waals surface area contributed by atoms with E-state index in [2.05, 4.69) is 19.2 Å². The Bertz CT molecular complexity index is 517. The number of rotatable bonds is 7. The fourth-order valence-electron chi connectivity index (χ4n) is 1.74. The van der Waals surface area contributed by atoms with Crippen LogP contribution in [0.3, 0.4) is 0 Å². The molecule has 0 unspecified atom stereocenters. The molecule has 7 heteroatoms. The number of hydrogen-bond donors (Lipinski definition) is 2. The molecule has 0 bridgehead atoms. The zero-order chi connectivity index (χ0) is 16.0. The molecule has 1 aromatic rings. The van der Waals surface area contributed by atoms with Crippen LogP contribution >= 0.6 is 0 Å². The molecule has 0 aliphatic carbocycles. The molecule has 7 nitrogen and oxygen atoms in total. The number of methoxy groups -OCH3 is 1. The topological polar surface area (TPSA) is 98.1 Å². The van der Waals surface area contributed by atoms with Gasteiger partial charge in [0.15, 0.2) is 6.04 Å². The molecule has 1 amide bonds. The number of amides is 1. The minimum absolute atomic E-state index is 0.0927. The summed E-state index contributed by atoms with van der Waals surface area (Å²) in [6, 6.07) is 3.82. The third-order valence-electron chi connectivity index (χ3n) is 3.03. The van der Waals surface area contributed by atoms with Crippen LogP contribution in [0.25, 0.3) is 0 Å². The molecule has 3 N–H and O–H groups in total. The van der Waals surface area contributed by atoms with Crippen molar-refractivity contribution in [2.24, 2.45) is 5.92 Å². The molecule has 0 aliphatic rings. The highest BCUT2D eigenvalue weighted by atomic mass is 16.6. The fourth-order valence-corrected chi connectivity index (χ4v) is 1.74. The van der Waals surface area contributed by atoms with Crippen LogP contribution in [0, 0.1) is 16.0 Å². The normalized spacial score (nSPS) is 12.0. The van der Waals surface area contributed by atoms with Crippen molar-refractivity contribution in [2.45, 2.75) is 26.8 Å². The number of carbonyl (C=O) groups is 1. The van der Waals surface area contributed by atoms with Gasteiger partial charge in [-0.3, -0.25) is 14.9 Å². The Morgan fingerprint density at radius 1 is 1.43 bits per heavy atom. The first-order chi connectivity index (χ1) is 9.85. The lowest BCUT2D eigenvalue weighted by molar-refractivity contribution is -0.677. The van der Waals surface area contributed by atoms with E-state index in [1.165, 1.54) is 25.3 Å². The van der Waals surface area contributed by atoms with E-state index in [0.29, 0.717) is 17.4 Å². The number of carbonyl (C=O) groups excluding carboxylic acids is 1. The summed E-state index contributed by atoms with van der Waals surface area (Å²) >= 11 is 0. The quantitative estimate of drug-likeness (QED) is 0.582. The molecule has 1 atom stereocenters. The lowest BCUT2D eigenvalue weighted by atomic mass is 10.2. The van der Waals surface area contributed by atoms with Crippen molar-refractivity contribution < 1.29 is 19.8 Å². The molecule has 1 aromatic carbocycles. The van der Waals surface area contributed by atoms with Crippen LogP contribution in [0.5, 0.6) is 5.75 Å². The average molecular weight is 296 g/mol. The van der Waals surface area contributed by atoms with Crippen LogP contribution in [0.15, 0.2) is 18.2 Å². The molecule has 0 saturated carbocycles. The van der Waals surface area contributed by atoms with Crippen LogP contribution in [0.1, 0.15) is 20.8 Å². The molecule has 0 aromatic heterocycles. The molecule has 0 heterocycles. The first-order valence-corrected chi connectivity index (χ1v) is 6.81. The summed E-state index contributed by atoms with van der Waals surface area (Å²) in [6.45, 7) is 6.78. The van der Waals surface area contributed by atoms with Gasteiger partial charge in [0.05, 0.1) is 24.3 Å². The number of ether oxygens (including phenoxy) is 1. The first-order valence-electron chi connectivity index (χ1n) is 6.81. The number of nitro benzene ring substituents is 1. The van der Waals surface area contributed by atoms with Gasteiger partial charge < -0.3 is 15.4 Å². The Balaban J connectivity index is 2.82. The largest absolute Gasteiger partial charge is 0.495 e. The molecule has 0 radical (unpaired) electrons. The van der Waals surface area contributed by atoms with Crippen molar-refractivity contribution in [3.63, 3.8) is 0 Å². The minimum atomic E-state index is -0.511. The van der Waals surface area contributed by atoms with Gasteiger partial charge in [-0.15, -0.1) is 0 Å². The van der Waals surface area contributed by atoms with E-state index in [-0.39, 0.29) is 17.6 Å². The van der Waals surface area contributed by atoms with Crippen molar-refractivity contribution >= 4 is 17.3 Å². The van der Waals surface area contributed by atoms with Gasteiger partial charge in [-0.25, -0.2) is 0 Å². The van der Waals surface area contributed by atoms with Crippen molar-refractivity contribution in [2.75, 3.05) is 19.0 Å². The number of quaternary nitrogens is 1. The summed E-state index contributed by atoms with van der Waals surface area (Å²) in [5.41, 5.74) is 0.214. The Hall–Kier alpha value is -2.15. The van der Waals surface area contributed by atoms with Crippen molar-refractivity contribution in [3.05, 3.63) is 28.3 Å². The van der Waals surface area contributed by atoms with E-state index in [1.807, 2.05) is 5.32 Å². The third kappa shape index (κ3) is 5.03. The van der Waals surface area contributed by atoms with Crippen molar-refractivity contribution in [1.82, 2.24) is 0 Å². The van der Waals surface area contributed by atoms with Crippen molar-refractivity contribution in [1.29, 1.82) is 0 Å². The van der Waals surface area contributed by atoms with Crippen molar-refractivity contribution in [3.8, 4) is 5.75 Å². The second kappa shape index (κ2) is 7.58. The molecule has 1 rings (SSSR count). The Kier molecular flexibility index (Phi) is 6.10. The Morgan fingerprint density at radius 2 is 2.10 bits per heavy atom. The molecule has 0 spiro atoms. The third-order valence-corrected chi connectivity index (χ3v) is 3.03. The predicted molar refractivity (Wildman–Crippen MR) is 79.4 cm³/mol. The number of nitrogens with two attached hydrogens (primary N) is 1. The second-order valence-electron chi connectivity index (χ2n) is 5.28. The van der Waals surface area contributed by atoms with Crippen LogP contribution in [0.4, 0.5) is 11.4 Å². The van der Waals surface area contributed by atoms with Crippen LogP contribution in [-0.2, 0) is 4.79 Å². The summed E-state index contributed by atoms with van der Waals surface area (Å²) < 4.78 is 5.11. The standard InChI is InChI=1S/C14H21N3O4/c1-9(2)8-15-10(3)14(18)16-12-7-11(17(19)20)5-6-13(12)21-4/h5-7,9-10,15H,8H2,1-4H3,(H,16,18)/p+1/t10-/m0/s1. The van der Waals surface area contributed by atoms with Gasteiger partial charge in [-0.2, -0.15) is 0 Å². The zero-order valence-electron chi connectivity index (χ0n) is 12.8. The smallest absolute Gasteiger partial charge is 0.282 e. The van der Waals surface area contributed by atoms with Gasteiger partial charge in [0, 0.05) is 18.1 Å². The molecule has 21 heavy (non-hydrogen) atoms. The number of non-ortho nitro benzene ring substituents is 1. The molecule has 0 fully saturated rings. The summed E-state index contributed by atoms with van der Waals surface area (Å²) in [7, 11) is 1.45. The van der Waals surface area contributed by atoms with E-state index in [4.69, 9.17) is 4.74 Å².